The first-order chi connectivity index (χ1) is 9.69. The van der Waals surface area contributed by atoms with Crippen LogP contribution in [0.15, 0.2) is 24.3 Å². The molecule has 1 aromatic carbocycles. The van der Waals surface area contributed by atoms with E-state index in [0.29, 0.717) is 12.2 Å². The highest BCUT2D eigenvalue weighted by Gasteiger charge is 2.28. The van der Waals surface area contributed by atoms with Crippen LogP contribution in [-0.4, -0.2) is 21.6 Å². The van der Waals surface area contributed by atoms with Crippen LogP contribution >= 0.6 is 0 Å². The zero-order chi connectivity index (χ0) is 14.1. The average molecular weight is 271 g/mol. The monoisotopic (exact) mass is 271 g/mol. The second-order valence-corrected chi connectivity index (χ2v) is 5.69. The zero-order valence-corrected chi connectivity index (χ0v) is 11.9. The van der Waals surface area contributed by atoms with Gasteiger partial charge in [-0.2, -0.15) is 5.10 Å². The summed E-state index contributed by atoms with van der Waals surface area (Å²) in [6, 6.07) is 8.33. The third kappa shape index (κ3) is 2.36. The molecule has 1 aromatic heterocycles. The van der Waals surface area contributed by atoms with Gasteiger partial charge in [-0.15, -0.1) is 0 Å². The predicted octanol–water partition coefficient (Wildman–Crippen LogP) is 2.30. The van der Waals surface area contributed by atoms with Gasteiger partial charge in [0.15, 0.2) is 0 Å². The van der Waals surface area contributed by atoms with E-state index in [1.54, 1.807) is 0 Å². The Morgan fingerprint density at radius 2 is 2.20 bits per heavy atom. The summed E-state index contributed by atoms with van der Waals surface area (Å²) in [6.07, 6.45) is 3.18. The summed E-state index contributed by atoms with van der Waals surface area (Å²) < 4.78 is 1.97. The summed E-state index contributed by atoms with van der Waals surface area (Å²) in [6.45, 7) is 2.89. The lowest BCUT2D eigenvalue weighted by molar-refractivity contribution is -0.122. The molecule has 4 nitrogen and oxygen atoms in total. The molecule has 0 aliphatic heterocycles. The molecule has 4 heteroatoms. The van der Waals surface area contributed by atoms with Crippen LogP contribution in [0.1, 0.15) is 31.9 Å². The normalized spacial score (nSPS) is 22.5. The second kappa shape index (κ2) is 5.37. The Balaban J connectivity index is 1.85. The number of nitrogens with zero attached hydrogens (tertiary/aromatic N) is 2. The van der Waals surface area contributed by atoms with Crippen molar-refractivity contribution in [3.8, 4) is 0 Å². The topological polar surface area (TPSA) is 60.9 Å². The Bertz CT molecular complexity index is 632. The van der Waals surface area contributed by atoms with Crippen molar-refractivity contribution in [2.45, 2.75) is 45.2 Å². The number of ketones is 1. The second-order valence-electron chi connectivity index (χ2n) is 5.69. The number of hydrogen-bond acceptors (Lipinski definition) is 3. The van der Waals surface area contributed by atoms with E-state index in [2.05, 4.69) is 24.2 Å². The number of aromatic nitrogens is 2. The highest BCUT2D eigenvalue weighted by atomic mass is 16.1. The number of carbonyl (C=O) groups is 1. The molecule has 2 aromatic rings. The number of Topliss-reactive ketones (excluding diaryl/α,β-unsaturated/α-hetero) is 1. The van der Waals surface area contributed by atoms with Crippen molar-refractivity contribution in [1.29, 1.82) is 0 Å². The maximum atomic E-state index is 12.4. The van der Waals surface area contributed by atoms with Gasteiger partial charge in [-0.3, -0.25) is 9.48 Å². The minimum absolute atomic E-state index is 0.135. The number of aryl methyl sites for hydroxylation is 1. The van der Waals surface area contributed by atoms with Gasteiger partial charge < -0.3 is 5.73 Å². The number of benzene rings is 1. The summed E-state index contributed by atoms with van der Waals surface area (Å²) in [7, 11) is 0. The quantitative estimate of drug-likeness (QED) is 0.928. The minimum Gasteiger partial charge on any atom is -0.328 e. The molecule has 1 saturated carbocycles. The molecule has 20 heavy (non-hydrogen) atoms. The number of rotatable bonds is 4. The van der Waals surface area contributed by atoms with Gasteiger partial charge in [0.05, 0.1) is 17.6 Å². The summed E-state index contributed by atoms with van der Waals surface area (Å²) in [5, 5.41) is 5.70. The van der Waals surface area contributed by atoms with Crippen LogP contribution in [0.25, 0.3) is 10.9 Å². The Morgan fingerprint density at radius 1 is 1.40 bits per heavy atom. The lowest BCUT2D eigenvalue weighted by atomic mass is 9.97. The van der Waals surface area contributed by atoms with Crippen molar-refractivity contribution in [2.75, 3.05) is 0 Å². The molecule has 1 heterocycles. The molecule has 2 unspecified atom stereocenters. The fraction of sp³-hybridized carbons (Fsp3) is 0.500. The molecule has 0 amide bonds. The smallest absolute Gasteiger partial charge is 0.142 e. The minimum atomic E-state index is 0.135. The van der Waals surface area contributed by atoms with Gasteiger partial charge in [0.25, 0.3) is 0 Å². The molecular formula is C16H21N3O. The maximum Gasteiger partial charge on any atom is 0.142 e. The maximum absolute atomic E-state index is 12.4. The number of carbonyl (C=O) groups excluding carboxylic acids is 1. The lowest BCUT2D eigenvalue weighted by Crippen LogP contribution is -2.19. The van der Waals surface area contributed by atoms with Gasteiger partial charge >= 0.3 is 0 Å². The summed E-state index contributed by atoms with van der Waals surface area (Å²) in [4.78, 5) is 12.4. The summed E-state index contributed by atoms with van der Waals surface area (Å²) in [5.74, 6) is 0.431. The molecular weight excluding hydrogens is 250 g/mol. The standard InChI is InChI=1S/C16H21N3O/c1-2-19-15-6-4-3-5-13(15)14(18-19)10-16(20)11-7-8-12(17)9-11/h3-6,11-12H,2,7-10,17H2,1H3. The Kier molecular flexibility index (Phi) is 3.57. The Labute approximate surface area is 119 Å². The van der Waals surface area contributed by atoms with E-state index >= 15 is 0 Å². The van der Waals surface area contributed by atoms with E-state index in [4.69, 9.17) is 5.73 Å². The molecule has 0 radical (unpaired) electrons. The number of nitrogens with two attached hydrogens (primary N) is 1. The summed E-state index contributed by atoms with van der Waals surface area (Å²) in [5.41, 5.74) is 7.92. The number of para-hydroxylation sites is 1. The van der Waals surface area contributed by atoms with Crippen molar-refractivity contribution in [1.82, 2.24) is 9.78 Å². The van der Waals surface area contributed by atoms with Crippen LogP contribution in [0.4, 0.5) is 0 Å². The van der Waals surface area contributed by atoms with Crippen molar-refractivity contribution in [3.63, 3.8) is 0 Å². The SMILES string of the molecule is CCn1nc(CC(=O)C2CCC(N)C2)c2ccccc21. The molecule has 106 valence electrons. The van der Waals surface area contributed by atoms with Crippen LogP contribution in [0.3, 0.4) is 0 Å². The van der Waals surface area contributed by atoms with E-state index in [1.807, 2.05) is 16.8 Å². The van der Waals surface area contributed by atoms with Crippen molar-refractivity contribution >= 4 is 16.7 Å². The lowest BCUT2D eigenvalue weighted by Gasteiger charge is -2.07. The molecule has 1 fully saturated rings. The molecule has 0 saturated heterocycles. The van der Waals surface area contributed by atoms with Crippen LogP contribution in [0, 0.1) is 5.92 Å². The van der Waals surface area contributed by atoms with Gasteiger partial charge in [0.2, 0.25) is 0 Å². The number of hydrogen-bond donors (Lipinski definition) is 1. The molecule has 2 N–H and O–H groups in total. The zero-order valence-electron chi connectivity index (χ0n) is 11.9. The van der Waals surface area contributed by atoms with E-state index in [1.165, 1.54) is 0 Å². The van der Waals surface area contributed by atoms with Crippen LogP contribution in [0.2, 0.25) is 0 Å². The van der Waals surface area contributed by atoms with Crippen molar-refractivity contribution in [2.24, 2.45) is 11.7 Å². The van der Waals surface area contributed by atoms with E-state index in [-0.39, 0.29) is 12.0 Å². The van der Waals surface area contributed by atoms with Gasteiger partial charge in [-0.1, -0.05) is 18.2 Å². The fourth-order valence-electron chi connectivity index (χ4n) is 3.19. The summed E-state index contributed by atoms with van der Waals surface area (Å²) >= 11 is 0. The Morgan fingerprint density at radius 3 is 2.90 bits per heavy atom. The molecule has 0 spiro atoms. The van der Waals surface area contributed by atoms with E-state index in [9.17, 15) is 4.79 Å². The van der Waals surface area contributed by atoms with Gasteiger partial charge in [0, 0.05) is 23.9 Å². The molecule has 3 rings (SSSR count). The average Bonchev–Trinajstić information content (AvgIpc) is 3.03. The van der Waals surface area contributed by atoms with Crippen LogP contribution in [0.5, 0.6) is 0 Å². The third-order valence-electron chi connectivity index (χ3n) is 4.30. The fourth-order valence-corrected chi connectivity index (χ4v) is 3.19. The number of fused-ring (bicyclic) bond motifs is 1. The van der Waals surface area contributed by atoms with Gasteiger partial charge in [-0.05, 0) is 32.3 Å². The molecule has 1 aliphatic carbocycles. The van der Waals surface area contributed by atoms with E-state index < -0.39 is 0 Å². The van der Waals surface area contributed by atoms with Crippen molar-refractivity contribution < 1.29 is 4.79 Å². The van der Waals surface area contributed by atoms with Gasteiger partial charge in [-0.25, -0.2) is 0 Å². The van der Waals surface area contributed by atoms with Crippen molar-refractivity contribution in [3.05, 3.63) is 30.0 Å². The first kappa shape index (κ1) is 13.3. The first-order valence-corrected chi connectivity index (χ1v) is 7.41. The molecule has 2 atom stereocenters. The predicted molar refractivity (Wildman–Crippen MR) is 79.4 cm³/mol. The molecule has 1 aliphatic rings. The van der Waals surface area contributed by atoms with Crippen LogP contribution < -0.4 is 5.73 Å². The van der Waals surface area contributed by atoms with Crippen LogP contribution in [-0.2, 0) is 17.8 Å². The van der Waals surface area contributed by atoms with Gasteiger partial charge in [0.1, 0.15) is 5.78 Å². The first-order valence-electron chi connectivity index (χ1n) is 7.41. The largest absolute Gasteiger partial charge is 0.328 e. The third-order valence-corrected chi connectivity index (χ3v) is 4.30. The molecule has 0 bridgehead atoms. The van der Waals surface area contributed by atoms with E-state index in [0.717, 1.165) is 42.4 Å². The highest BCUT2D eigenvalue weighted by Crippen LogP contribution is 2.27. The Hall–Kier alpha value is -1.68. The highest BCUT2D eigenvalue weighted by molar-refractivity contribution is 5.89.